The van der Waals surface area contributed by atoms with Crippen molar-refractivity contribution in [3.8, 4) is 0 Å². The normalized spacial score (nSPS) is 9.86. The predicted molar refractivity (Wildman–Crippen MR) is 51.0 cm³/mol. The smallest absolute Gasteiger partial charge is 0.328 e. The van der Waals surface area contributed by atoms with E-state index in [0.717, 1.165) is 4.57 Å². The van der Waals surface area contributed by atoms with Crippen molar-refractivity contribution < 1.29 is 9.53 Å². The van der Waals surface area contributed by atoms with Gasteiger partial charge in [-0.3, -0.25) is 9.59 Å². The molecule has 1 heterocycles. The van der Waals surface area contributed by atoms with Gasteiger partial charge in [0.25, 0.3) is 5.56 Å². The van der Waals surface area contributed by atoms with E-state index in [1.165, 1.54) is 13.3 Å². The largest absolute Gasteiger partial charge is 0.468 e. The number of rotatable bonds is 2. The zero-order valence-electron chi connectivity index (χ0n) is 7.24. The van der Waals surface area contributed by atoms with Crippen molar-refractivity contribution in [1.82, 2.24) is 9.55 Å². The van der Waals surface area contributed by atoms with E-state index in [-0.39, 0.29) is 4.47 Å². The second-order valence-corrected chi connectivity index (χ2v) is 3.26. The van der Waals surface area contributed by atoms with Crippen LogP contribution in [0.5, 0.6) is 0 Å². The second-order valence-electron chi connectivity index (χ2n) is 2.41. The number of halogens is 1. The lowest BCUT2D eigenvalue weighted by atomic mass is 10.5. The summed E-state index contributed by atoms with van der Waals surface area (Å²) in [6.07, 6.45) is 1.22. The van der Waals surface area contributed by atoms with Gasteiger partial charge >= 0.3 is 11.7 Å². The standard InChI is InChI=1S/C7H7BrN2O4/c1-14-5(11)3-10-6(12)4(8)2-9-7(10)13/h2H,3H2,1H3,(H,9,13). The SMILES string of the molecule is COC(=O)Cn1c(=O)[nH]cc(Br)c1=O. The molecular weight excluding hydrogens is 256 g/mol. The number of hydrogen-bond donors (Lipinski definition) is 1. The number of nitrogens with zero attached hydrogens (tertiary/aromatic N) is 1. The van der Waals surface area contributed by atoms with Crippen LogP contribution < -0.4 is 11.2 Å². The Morgan fingerprint density at radius 2 is 2.29 bits per heavy atom. The minimum Gasteiger partial charge on any atom is -0.468 e. The third-order valence-corrected chi connectivity index (χ3v) is 2.10. The molecule has 7 heteroatoms. The van der Waals surface area contributed by atoms with Gasteiger partial charge in [0.1, 0.15) is 6.54 Å². The highest BCUT2D eigenvalue weighted by molar-refractivity contribution is 9.10. The number of nitrogens with one attached hydrogen (secondary N) is 1. The molecule has 0 saturated carbocycles. The Morgan fingerprint density at radius 1 is 1.64 bits per heavy atom. The van der Waals surface area contributed by atoms with Gasteiger partial charge in [0.05, 0.1) is 11.6 Å². The zero-order valence-corrected chi connectivity index (χ0v) is 8.83. The molecule has 0 aliphatic carbocycles. The first kappa shape index (κ1) is 10.7. The second kappa shape index (κ2) is 4.23. The maximum Gasteiger partial charge on any atom is 0.328 e. The average Bonchev–Trinajstić information content (AvgIpc) is 2.18. The quantitative estimate of drug-likeness (QED) is 0.727. The topological polar surface area (TPSA) is 81.2 Å². The number of aromatic amines is 1. The van der Waals surface area contributed by atoms with Crippen molar-refractivity contribution in [3.63, 3.8) is 0 Å². The first-order valence-corrected chi connectivity index (χ1v) is 4.40. The van der Waals surface area contributed by atoms with Gasteiger partial charge in [-0.2, -0.15) is 0 Å². The summed E-state index contributed by atoms with van der Waals surface area (Å²) in [5.41, 5.74) is -1.22. The number of methoxy groups -OCH3 is 1. The fourth-order valence-corrected chi connectivity index (χ4v) is 1.15. The molecule has 0 radical (unpaired) electrons. The Bertz CT molecular complexity index is 461. The van der Waals surface area contributed by atoms with Crippen LogP contribution in [0.3, 0.4) is 0 Å². The van der Waals surface area contributed by atoms with Crippen LogP contribution in [0.25, 0.3) is 0 Å². The van der Waals surface area contributed by atoms with E-state index in [1.807, 2.05) is 0 Å². The van der Waals surface area contributed by atoms with E-state index in [0.29, 0.717) is 0 Å². The number of esters is 1. The summed E-state index contributed by atoms with van der Waals surface area (Å²) in [6.45, 7) is -0.399. The molecule has 0 saturated heterocycles. The molecule has 0 aromatic carbocycles. The van der Waals surface area contributed by atoms with Gasteiger partial charge in [-0.1, -0.05) is 0 Å². The Balaban J connectivity index is 3.20. The minimum absolute atomic E-state index is 0.181. The Labute approximate surface area is 86.6 Å². The molecule has 1 aromatic heterocycles. The molecule has 0 atom stereocenters. The van der Waals surface area contributed by atoms with Crippen molar-refractivity contribution in [2.75, 3.05) is 7.11 Å². The van der Waals surface area contributed by atoms with Gasteiger partial charge in [-0.25, -0.2) is 9.36 Å². The summed E-state index contributed by atoms with van der Waals surface area (Å²) in [5, 5.41) is 0. The lowest BCUT2D eigenvalue weighted by Gasteiger charge is -2.02. The molecule has 14 heavy (non-hydrogen) atoms. The lowest BCUT2D eigenvalue weighted by Crippen LogP contribution is -2.37. The third-order valence-electron chi connectivity index (χ3n) is 1.53. The molecule has 0 aliphatic rings. The summed E-state index contributed by atoms with van der Waals surface area (Å²) in [5.74, 6) is -0.657. The average molecular weight is 263 g/mol. The van der Waals surface area contributed by atoms with Gasteiger partial charge in [-0.05, 0) is 15.9 Å². The van der Waals surface area contributed by atoms with Gasteiger partial charge in [-0.15, -0.1) is 0 Å². The highest BCUT2D eigenvalue weighted by Gasteiger charge is 2.09. The molecule has 0 unspecified atom stereocenters. The van der Waals surface area contributed by atoms with Crippen molar-refractivity contribution in [1.29, 1.82) is 0 Å². The van der Waals surface area contributed by atoms with E-state index in [4.69, 9.17) is 0 Å². The summed E-state index contributed by atoms with van der Waals surface area (Å²) in [4.78, 5) is 35.6. The van der Waals surface area contributed by atoms with E-state index in [2.05, 4.69) is 25.7 Å². The maximum absolute atomic E-state index is 11.3. The Morgan fingerprint density at radius 3 is 2.86 bits per heavy atom. The summed E-state index contributed by atoms with van der Waals surface area (Å²) in [7, 11) is 1.18. The van der Waals surface area contributed by atoms with E-state index in [1.54, 1.807) is 0 Å². The van der Waals surface area contributed by atoms with Crippen molar-refractivity contribution in [2.24, 2.45) is 0 Å². The van der Waals surface area contributed by atoms with E-state index >= 15 is 0 Å². The van der Waals surface area contributed by atoms with Gasteiger partial charge in [0.15, 0.2) is 0 Å². The number of aromatic nitrogens is 2. The minimum atomic E-state index is -0.657. The molecule has 1 N–H and O–H groups in total. The first-order valence-electron chi connectivity index (χ1n) is 3.61. The van der Waals surface area contributed by atoms with E-state index in [9.17, 15) is 14.4 Å². The molecular formula is C7H7BrN2O4. The number of hydrogen-bond acceptors (Lipinski definition) is 4. The van der Waals surface area contributed by atoms with Gasteiger partial charge < -0.3 is 9.72 Å². The maximum atomic E-state index is 11.3. The zero-order chi connectivity index (χ0) is 10.7. The molecule has 0 amide bonds. The van der Waals surface area contributed by atoms with E-state index < -0.39 is 23.8 Å². The number of ether oxygens (including phenoxy) is 1. The van der Waals surface area contributed by atoms with Crippen LogP contribution in [0.1, 0.15) is 0 Å². The highest BCUT2D eigenvalue weighted by atomic mass is 79.9. The molecule has 0 bridgehead atoms. The summed E-state index contributed by atoms with van der Waals surface area (Å²) >= 11 is 2.94. The predicted octanol–water partition coefficient (Wildman–Crippen LogP) is -0.528. The van der Waals surface area contributed by atoms with Crippen LogP contribution in [0, 0.1) is 0 Å². The van der Waals surface area contributed by atoms with Gasteiger partial charge in [0.2, 0.25) is 0 Å². The number of carbonyl (C=O) groups is 1. The number of carbonyl (C=O) groups excluding carboxylic acids is 1. The van der Waals surface area contributed by atoms with Crippen LogP contribution in [0.4, 0.5) is 0 Å². The van der Waals surface area contributed by atoms with Gasteiger partial charge in [0, 0.05) is 6.20 Å². The monoisotopic (exact) mass is 262 g/mol. The Hall–Kier alpha value is -1.37. The van der Waals surface area contributed by atoms with Crippen LogP contribution in [0.2, 0.25) is 0 Å². The van der Waals surface area contributed by atoms with Crippen molar-refractivity contribution in [3.05, 3.63) is 31.5 Å². The fraction of sp³-hybridized carbons (Fsp3) is 0.286. The molecule has 1 aromatic rings. The third kappa shape index (κ3) is 2.11. The highest BCUT2D eigenvalue weighted by Crippen LogP contribution is 1.96. The molecule has 6 nitrogen and oxygen atoms in total. The molecule has 1 rings (SSSR count). The van der Waals surface area contributed by atoms with Crippen molar-refractivity contribution >= 4 is 21.9 Å². The van der Waals surface area contributed by atoms with Crippen LogP contribution >= 0.6 is 15.9 Å². The van der Waals surface area contributed by atoms with Crippen molar-refractivity contribution in [2.45, 2.75) is 6.54 Å². The summed E-state index contributed by atoms with van der Waals surface area (Å²) < 4.78 is 5.26. The fourth-order valence-electron chi connectivity index (χ4n) is 0.823. The molecule has 0 spiro atoms. The van der Waals surface area contributed by atoms with Crippen LogP contribution in [0.15, 0.2) is 20.3 Å². The molecule has 0 fully saturated rings. The molecule has 76 valence electrons. The lowest BCUT2D eigenvalue weighted by molar-refractivity contribution is -0.141. The summed E-state index contributed by atoms with van der Waals surface area (Å²) in [6, 6.07) is 0. The first-order chi connectivity index (χ1) is 6.56. The molecule has 0 aliphatic heterocycles. The van der Waals surface area contributed by atoms with Crippen LogP contribution in [-0.2, 0) is 16.1 Å². The van der Waals surface area contributed by atoms with Crippen LogP contribution in [-0.4, -0.2) is 22.6 Å². The number of H-pyrrole nitrogens is 1. The Kier molecular flexibility index (Phi) is 3.23.